The van der Waals surface area contributed by atoms with Crippen LogP contribution in [0.2, 0.25) is 0 Å². The van der Waals surface area contributed by atoms with Crippen molar-refractivity contribution < 1.29 is 4.79 Å². The minimum Gasteiger partial charge on any atom is -0.376 e. The molecule has 0 saturated carbocycles. The largest absolute Gasteiger partial charge is 0.376 e. The molecule has 0 aliphatic heterocycles. The van der Waals surface area contributed by atoms with E-state index >= 15 is 0 Å². The molecule has 102 valence electrons. The lowest BCUT2D eigenvalue weighted by Gasteiger charge is -2.10. The van der Waals surface area contributed by atoms with Crippen molar-refractivity contribution >= 4 is 28.8 Å². The molecule has 0 atom stereocenters. The summed E-state index contributed by atoms with van der Waals surface area (Å²) in [6, 6.07) is 13.0. The van der Waals surface area contributed by atoms with Crippen LogP contribution in [0.5, 0.6) is 0 Å². The second-order valence-electron chi connectivity index (χ2n) is 4.74. The highest BCUT2D eigenvalue weighted by Crippen LogP contribution is 2.20. The maximum atomic E-state index is 12.6. The predicted molar refractivity (Wildman–Crippen MR) is 86.2 cm³/mol. The van der Waals surface area contributed by atoms with Crippen LogP contribution >= 0.6 is 12.2 Å². The standard InChI is InChI=1S/C16H16N2OS/c1-10-7-11(2)9-12(8-10)15(19)13-5-3-4-6-14(13)18-16(17)20/h3-9H,1-2H3,(H3,17,18,20). The minimum atomic E-state index is -0.0452. The van der Waals surface area contributed by atoms with Crippen molar-refractivity contribution in [3.63, 3.8) is 0 Å². The third-order valence-corrected chi connectivity index (χ3v) is 3.02. The fraction of sp³-hybridized carbons (Fsp3) is 0.125. The first kappa shape index (κ1) is 14.2. The molecular weight excluding hydrogens is 268 g/mol. The Bertz CT molecular complexity index is 660. The van der Waals surface area contributed by atoms with Crippen LogP contribution in [0.1, 0.15) is 27.0 Å². The Balaban J connectivity index is 2.45. The fourth-order valence-electron chi connectivity index (χ4n) is 2.18. The highest BCUT2D eigenvalue weighted by Gasteiger charge is 2.14. The number of carbonyl (C=O) groups is 1. The van der Waals surface area contributed by atoms with Crippen molar-refractivity contribution in [3.05, 3.63) is 64.7 Å². The van der Waals surface area contributed by atoms with E-state index in [2.05, 4.69) is 5.32 Å². The maximum absolute atomic E-state index is 12.6. The van der Waals surface area contributed by atoms with Gasteiger partial charge < -0.3 is 11.1 Å². The third kappa shape index (κ3) is 3.22. The number of para-hydroxylation sites is 1. The highest BCUT2D eigenvalue weighted by atomic mass is 32.1. The second kappa shape index (κ2) is 5.84. The Morgan fingerprint density at radius 1 is 1.10 bits per heavy atom. The van der Waals surface area contributed by atoms with E-state index in [4.69, 9.17) is 18.0 Å². The number of thiocarbonyl (C=S) groups is 1. The van der Waals surface area contributed by atoms with Crippen LogP contribution in [0.15, 0.2) is 42.5 Å². The van der Waals surface area contributed by atoms with Gasteiger partial charge in [-0.15, -0.1) is 0 Å². The number of carbonyl (C=O) groups excluding carboxylic acids is 1. The summed E-state index contributed by atoms with van der Waals surface area (Å²) in [7, 11) is 0. The molecule has 2 aromatic carbocycles. The van der Waals surface area contributed by atoms with Crippen molar-refractivity contribution in [1.29, 1.82) is 0 Å². The van der Waals surface area contributed by atoms with E-state index in [1.807, 2.05) is 44.2 Å². The summed E-state index contributed by atoms with van der Waals surface area (Å²) in [5, 5.41) is 2.99. The second-order valence-corrected chi connectivity index (χ2v) is 5.18. The average molecular weight is 284 g/mol. The molecule has 4 heteroatoms. The molecule has 0 aliphatic carbocycles. The molecule has 0 bridgehead atoms. The maximum Gasteiger partial charge on any atom is 0.195 e. The van der Waals surface area contributed by atoms with E-state index in [0.717, 1.165) is 11.1 Å². The van der Waals surface area contributed by atoms with Gasteiger partial charge in [0, 0.05) is 11.1 Å². The van der Waals surface area contributed by atoms with Gasteiger partial charge in [0.15, 0.2) is 10.9 Å². The Labute approximate surface area is 123 Å². The molecule has 20 heavy (non-hydrogen) atoms. The van der Waals surface area contributed by atoms with Crippen LogP contribution < -0.4 is 11.1 Å². The number of ketones is 1. The van der Waals surface area contributed by atoms with Crippen molar-refractivity contribution in [2.45, 2.75) is 13.8 Å². The summed E-state index contributed by atoms with van der Waals surface area (Å²) >= 11 is 4.84. The molecule has 3 N–H and O–H groups in total. The highest BCUT2D eigenvalue weighted by molar-refractivity contribution is 7.80. The molecule has 0 heterocycles. The Morgan fingerprint density at radius 3 is 2.30 bits per heavy atom. The summed E-state index contributed by atoms with van der Waals surface area (Å²) in [5.41, 5.74) is 9.47. The first-order valence-electron chi connectivity index (χ1n) is 6.26. The molecule has 0 radical (unpaired) electrons. The van der Waals surface area contributed by atoms with Crippen molar-refractivity contribution in [1.82, 2.24) is 0 Å². The van der Waals surface area contributed by atoms with Crippen LogP contribution in [0, 0.1) is 13.8 Å². The summed E-state index contributed by atoms with van der Waals surface area (Å²) in [5.74, 6) is -0.0452. The van der Waals surface area contributed by atoms with Crippen molar-refractivity contribution in [2.24, 2.45) is 5.73 Å². The number of aryl methyl sites for hydroxylation is 2. The number of hydrogen-bond acceptors (Lipinski definition) is 2. The molecule has 0 aromatic heterocycles. The van der Waals surface area contributed by atoms with Gasteiger partial charge in [-0.25, -0.2) is 0 Å². The molecule has 3 nitrogen and oxygen atoms in total. The van der Waals surface area contributed by atoms with Gasteiger partial charge in [-0.05, 0) is 50.3 Å². The number of hydrogen-bond donors (Lipinski definition) is 2. The zero-order chi connectivity index (χ0) is 14.7. The normalized spacial score (nSPS) is 10.1. The fourth-order valence-corrected chi connectivity index (χ4v) is 2.29. The van der Waals surface area contributed by atoms with Gasteiger partial charge in [-0.3, -0.25) is 4.79 Å². The van der Waals surface area contributed by atoms with Crippen LogP contribution in [-0.2, 0) is 0 Å². The molecule has 2 rings (SSSR count). The molecule has 0 saturated heterocycles. The number of anilines is 1. The van der Waals surface area contributed by atoms with Crippen molar-refractivity contribution in [2.75, 3.05) is 5.32 Å². The summed E-state index contributed by atoms with van der Waals surface area (Å²) in [4.78, 5) is 12.6. The van der Waals surface area contributed by atoms with E-state index in [0.29, 0.717) is 16.8 Å². The Kier molecular flexibility index (Phi) is 4.15. The van der Waals surface area contributed by atoms with Gasteiger partial charge in [0.25, 0.3) is 0 Å². The molecule has 0 spiro atoms. The zero-order valence-electron chi connectivity index (χ0n) is 11.4. The minimum absolute atomic E-state index is 0.0452. The Hall–Kier alpha value is -2.20. The van der Waals surface area contributed by atoms with E-state index in [1.165, 1.54) is 0 Å². The van der Waals surface area contributed by atoms with E-state index < -0.39 is 0 Å². The smallest absolute Gasteiger partial charge is 0.195 e. The molecule has 0 aliphatic rings. The van der Waals surface area contributed by atoms with Gasteiger partial charge in [0.1, 0.15) is 0 Å². The topological polar surface area (TPSA) is 55.1 Å². The van der Waals surface area contributed by atoms with Crippen LogP contribution in [0.25, 0.3) is 0 Å². The van der Waals surface area contributed by atoms with Gasteiger partial charge in [-0.2, -0.15) is 0 Å². The molecular formula is C16H16N2OS. The Morgan fingerprint density at radius 2 is 1.70 bits per heavy atom. The summed E-state index contributed by atoms with van der Waals surface area (Å²) < 4.78 is 0. The number of nitrogens with one attached hydrogen (secondary N) is 1. The van der Waals surface area contributed by atoms with Crippen LogP contribution in [0.3, 0.4) is 0 Å². The third-order valence-electron chi connectivity index (χ3n) is 2.91. The van der Waals surface area contributed by atoms with Gasteiger partial charge >= 0.3 is 0 Å². The van der Waals surface area contributed by atoms with E-state index in [9.17, 15) is 4.79 Å². The monoisotopic (exact) mass is 284 g/mol. The van der Waals surface area contributed by atoms with Gasteiger partial charge in [-0.1, -0.05) is 29.3 Å². The quantitative estimate of drug-likeness (QED) is 0.671. The first-order chi connectivity index (χ1) is 9.47. The van der Waals surface area contributed by atoms with Gasteiger partial charge in [0.05, 0.1) is 5.69 Å². The first-order valence-corrected chi connectivity index (χ1v) is 6.66. The molecule has 0 fully saturated rings. The zero-order valence-corrected chi connectivity index (χ0v) is 12.3. The van der Waals surface area contributed by atoms with Crippen molar-refractivity contribution in [3.8, 4) is 0 Å². The molecule has 0 unspecified atom stereocenters. The lowest BCUT2D eigenvalue weighted by atomic mass is 9.98. The summed E-state index contributed by atoms with van der Waals surface area (Å²) in [6.45, 7) is 3.95. The number of nitrogens with two attached hydrogens (primary N) is 1. The number of benzene rings is 2. The van der Waals surface area contributed by atoms with Gasteiger partial charge in [0.2, 0.25) is 0 Å². The lowest BCUT2D eigenvalue weighted by molar-refractivity contribution is 0.103. The SMILES string of the molecule is Cc1cc(C)cc(C(=O)c2ccccc2NC(N)=S)c1. The number of rotatable bonds is 3. The molecule has 2 aromatic rings. The van der Waals surface area contributed by atoms with E-state index in [1.54, 1.807) is 12.1 Å². The predicted octanol–water partition coefficient (Wildman–Crippen LogP) is 3.19. The average Bonchev–Trinajstić information content (AvgIpc) is 2.36. The lowest BCUT2D eigenvalue weighted by Crippen LogP contribution is -2.20. The molecule has 0 amide bonds. The van der Waals surface area contributed by atoms with E-state index in [-0.39, 0.29) is 10.9 Å². The van der Waals surface area contributed by atoms with Crippen LogP contribution in [0.4, 0.5) is 5.69 Å². The van der Waals surface area contributed by atoms with Crippen LogP contribution in [-0.4, -0.2) is 10.9 Å². The summed E-state index contributed by atoms with van der Waals surface area (Å²) in [6.07, 6.45) is 0.